The quantitative estimate of drug-likeness (QED) is 0.745. The number of hydrogen-bond donors (Lipinski definition) is 0. The van der Waals surface area contributed by atoms with Crippen LogP contribution in [0.15, 0.2) is 18.2 Å². The Bertz CT molecular complexity index is 681. The third-order valence-corrected chi connectivity index (χ3v) is 6.97. The molecule has 0 spiro atoms. The first kappa shape index (κ1) is 13.1. The van der Waals surface area contributed by atoms with Gasteiger partial charge in [0.05, 0.1) is 17.5 Å². The van der Waals surface area contributed by atoms with Crippen LogP contribution in [0.3, 0.4) is 0 Å². The van der Waals surface area contributed by atoms with Crippen LogP contribution >= 0.6 is 11.6 Å². The Morgan fingerprint density at radius 3 is 2.14 bits per heavy atom. The molecule has 0 aromatic heterocycles. The molecule has 0 N–H and O–H groups in total. The zero-order valence-corrected chi connectivity index (χ0v) is 13.2. The fraction of sp³-hybridized carbons (Fsp3) is 0.556. The molecule has 5 fully saturated rings. The van der Waals surface area contributed by atoms with E-state index >= 15 is 0 Å². The van der Waals surface area contributed by atoms with E-state index in [1.807, 2.05) is 13.0 Å². The summed E-state index contributed by atoms with van der Waals surface area (Å²) < 4.78 is 0. The Labute approximate surface area is 134 Å². The lowest BCUT2D eigenvalue weighted by molar-refractivity contribution is -0.129. The first-order valence-corrected chi connectivity index (χ1v) is 8.59. The zero-order valence-electron chi connectivity index (χ0n) is 12.5. The van der Waals surface area contributed by atoms with Crippen LogP contribution in [0.5, 0.6) is 0 Å². The maximum absolute atomic E-state index is 13.0. The number of benzene rings is 1. The summed E-state index contributed by atoms with van der Waals surface area (Å²) in [4.78, 5) is 27.4. The highest BCUT2D eigenvalue weighted by Crippen LogP contribution is 2.68. The van der Waals surface area contributed by atoms with Gasteiger partial charge in [-0.1, -0.05) is 11.6 Å². The van der Waals surface area contributed by atoms with Gasteiger partial charge in [-0.2, -0.15) is 0 Å². The van der Waals surface area contributed by atoms with Gasteiger partial charge in [0.2, 0.25) is 11.8 Å². The van der Waals surface area contributed by atoms with Gasteiger partial charge in [-0.05, 0) is 73.6 Å². The summed E-state index contributed by atoms with van der Waals surface area (Å²) in [7, 11) is 0. The molecule has 1 aromatic rings. The Balaban J connectivity index is 1.57. The van der Waals surface area contributed by atoms with Crippen LogP contribution in [0.4, 0.5) is 5.69 Å². The van der Waals surface area contributed by atoms with Crippen LogP contribution in [-0.2, 0) is 9.59 Å². The number of carbonyl (C=O) groups excluding carboxylic acids is 2. The smallest absolute Gasteiger partial charge is 0.237 e. The molecule has 1 aliphatic heterocycles. The van der Waals surface area contributed by atoms with Crippen molar-refractivity contribution in [2.75, 3.05) is 4.90 Å². The van der Waals surface area contributed by atoms with E-state index in [2.05, 4.69) is 0 Å². The second-order valence-electron chi connectivity index (χ2n) is 7.47. The van der Waals surface area contributed by atoms with E-state index in [4.69, 9.17) is 11.6 Å². The van der Waals surface area contributed by atoms with Crippen molar-refractivity contribution in [1.82, 2.24) is 0 Å². The van der Waals surface area contributed by atoms with Crippen LogP contribution in [0.1, 0.15) is 24.8 Å². The van der Waals surface area contributed by atoms with Crippen LogP contribution < -0.4 is 4.90 Å². The van der Waals surface area contributed by atoms with Gasteiger partial charge in [0.15, 0.2) is 0 Å². The van der Waals surface area contributed by atoms with Crippen LogP contribution in [0.25, 0.3) is 0 Å². The molecule has 4 saturated carbocycles. The van der Waals surface area contributed by atoms with Gasteiger partial charge in [-0.25, -0.2) is 0 Å². The summed E-state index contributed by atoms with van der Waals surface area (Å²) in [6.45, 7) is 1.91. The van der Waals surface area contributed by atoms with E-state index in [0.29, 0.717) is 22.5 Å². The Morgan fingerprint density at radius 1 is 1.00 bits per heavy atom. The predicted molar refractivity (Wildman–Crippen MR) is 83.5 cm³/mol. The Morgan fingerprint density at radius 2 is 1.59 bits per heavy atom. The number of fused-ring (bicyclic) bond motifs is 1. The lowest BCUT2D eigenvalue weighted by Crippen LogP contribution is -2.43. The number of hydrogen-bond acceptors (Lipinski definition) is 2. The van der Waals surface area contributed by atoms with Gasteiger partial charge in [-0.15, -0.1) is 0 Å². The highest BCUT2D eigenvalue weighted by atomic mass is 35.5. The number of anilines is 1. The number of amides is 2. The van der Waals surface area contributed by atoms with Crippen molar-refractivity contribution in [3.05, 3.63) is 28.8 Å². The topological polar surface area (TPSA) is 37.4 Å². The molecule has 0 unspecified atom stereocenters. The number of rotatable bonds is 1. The SMILES string of the molecule is Cc1cc(N2C(=O)[C@@H]3[C@@H]4CC[C@@H]([C@@H]5C[C@@H]54)[C@@H]3C2=O)ccc1Cl. The van der Waals surface area contributed by atoms with E-state index in [1.165, 1.54) is 11.3 Å². The normalized spacial score (nSPS) is 41.6. The van der Waals surface area contributed by atoms with Gasteiger partial charge in [0, 0.05) is 5.02 Å². The fourth-order valence-electron chi connectivity index (χ4n) is 5.56. The number of nitrogens with zero attached hydrogens (tertiary/aromatic N) is 1. The molecule has 114 valence electrons. The summed E-state index contributed by atoms with van der Waals surface area (Å²) in [5.74, 6) is 2.34. The second-order valence-corrected chi connectivity index (χ2v) is 7.87. The molecule has 6 rings (SSSR count). The van der Waals surface area contributed by atoms with Crippen molar-refractivity contribution in [3.63, 3.8) is 0 Å². The van der Waals surface area contributed by atoms with Crippen molar-refractivity contribution in [1.29, 1.82) is 0 Å². The summed E-state index contributed by atoms with van der Waals surface area (Å²) >= 11 is 6.07. The highest BCUT2D eigenvalue weighted by Gasteiger charge is 2.68. The molecule has 2 amide bonds. The molecule has 4 heteroatoms. The second kappa shape index (κ2) is 4.14. The summed E-state index contributed by atoms with van der Waals surface area (Å²) in [5.41, 5.74) is 1.60. The minimum atomic E-state index is -0.0500. The lowest BCUT2D eigenvalue weighted by atomic mass is 9.59. The van der Waals surface area contributed by atoms with Gasteiger partial charge in [-0.3, -0.25) is 14.5 Å². The fourth-order valence-corrected chi connectivity index (χ4v) is 5.68. The summed E-state index contributed by atoms with van der Waals surface area (Å²) in [5, 5.41) is 0.668. The molecule has 0 radical (unpaired) electrons. The molecule has 1 heterocycles. The van der Waals surface area contributed by atoms with Crippen LogP contribution in [-0.4, -0.2) is 11.8 Å². The number of halogens is 1. The molecule has 4 aliphatic carbocycles. The molecule has 5 aliphatic rings. The van der Waals surface area contributed by atoms with Crippen molar-refractivity contribution in [2.24, 2.45) is 35.5 Å². The molecular formula is C18H18ClNO2. The molecular weight excluding hydrogens is 298 g/mol. The molecule has 22 heavy (non-hydrogen) atoms. The van der Waals surface area contributed by atoms with E-state index in [1.54, 1.807) is 12.1 Å². The third-order valence-electron chi connectivity index (χ3n) is 6.54. The van der Waals surface area contributed by atoms with Crippen molar-refractivity contribution >= 4 is 29.1 Å². The average Bonchev–Trinajstić information content (AvgIpc) is 3.28. The molecule has 1 aromatic carbocycles. The van der Waals surface area contributed by atoms with Crippen molar-refractivity contribution in [3.8, 4) is 0 Å². The van der Waals surface area contributed by atoms with Crippen molar-refractivity contribution < 1.29 is 9.59 Å². The molecule has 3 nitrogen and oxygen atoms in total. The average molecular weight is 316 g/mol. The Hall–Kier alpha value is -1.35. The maximum Gasteiger partial charge on any atom is 0.237 e. The highest BCUT2D eigenvalue weighted by molar-refractivity contribution is 6.31. The third kappa shape index (κ3) is 1.48. The molecule has 2 bridgehead atoms. The van der Waals surface area contributed by atoms with Gasteiger partial charge >= 0.3 is 0 Å². The number of aryl methyl sites for hydroxylation is 1. The van der Waals surface area contributed by atoms with Crippen LogP contribution in [0, 0.1) is 42.4 Å². The lowest BCUT2D eigenvalue weighted by Gasteiger charge is -2.42. The van der Waals surface area contributed by atoms with Gasteiger partial charge in [0.1, 0.15) is 0 Å². The van der Waals surface area contributed by atoms with E-state index in [-0.39, 0.29) is 23.7 Å². The monoisotopic (exact) mass is 315 g/mol. The predicted octanol–water partition coefficient (Wildman–Crippen LogP) is 3.43. The molecule has 1 saturated heterocycles. The maximum atomic E-state index is 13.0. The summed E-state index contributed by atoms with van der Waals surface area (Å²) in [6, 6.07) is 5.43. The van der Waals surface area contributed by atoms with Crippen LogP contribution in [0.2, 0.25) is 5.02 Å². The van der Waals surface area contributed by atoms with E-state index in [9.17, 15) is 9.59 Å². The Kier molecular flexibility index (Phi) is 2.47. The standard InChI is InChI=1S/C18H18ClNO2/c1-8-6-9(2-5-14(8)19)20-17(21)15-10-3-4-11(13-7-12(10)13)16(15)18(20)22/h2,5-6,10-13,15-16H,3-4,7H2,1H3/t10-,11+,12-,13+,15-,16+. The summed E-state index contributed by atoms with van der Waals surface area (Å²) in [6.07, 6.45) is 3.53. The van der Waals surface area contributed by atoms with Crippen molar-refractivity contribution in [2.45, 2.75) is 26.2 Å². The minimum absolute atomic E-state index is 0.0387. The largest absolute Gasteiger partial charge is 0.274 e. The first-order chi connectivity index (χ1) is 10.6. The molecule has 6 atom stereocenters. The minimum Gasteiger partial charge on any atom is -0.274 e. The zero-order chi connectivity index (χ0) is 15.2. The van der Waals surface area contributed by atoms with E-state index in [0.717, 1.165) is 30.2 Å². The van der Waals surface area contributed by atoms with Gasteiger partial charge < -0.3 is 0 Å². The number of imide groups is 1. The van der Waals surface area contributed by atoms with Gasteiger partial charge in [0.25, 0.3) is 0 Å². The number of carbonyl (C=O) groups is 2. The van der Waals surface area contributed by atoms with E-state index < -0.39 is 0 Å². The first-order valence-electron chi connectivity index (χ1n) is 8.22.